The summed E-state index contributed by atoms with van der Waals surface area (Å²) < 4.78 is 29.7. The summed E-state index contributed by atoms with van der Waals surface area (Å²) in [7, 11) is 3.57. The van der Waals surface area contributed by atoms with E-state index in [4.69, 9.17) is 23.7 Å². The summed E-state index contributed by atoms with van der Waals surface area (Å²) in [5.74, 6) is -3.59. The number of carbonyl (C=O) groups excluding carboxylic acids is 3. The number of aliphatic hydroxyl groups excluding tert-OH is 6. The van der Waals surface area contributed by atoms with E-state index in [9.17, 15) is 45.0 Å². The van der Waals surface area contributed by atoms with Gasteiger partial charge in [0.2, 0.25) is 0 Å². The highest BCUT2D eigenvalue weighted by Crippen LogP contribution is 2.34. The van der Waals surface area contributed by atoms with Gasteiger partial charge in [-0.3, -0.25) is 9.59 Å². The zero-order valence-electron chi connectivity index (χ0n) is 31.6. The zero-order valence-corrected chi connectivity index (χ0v) is 31.6. The Morgan fingerprint density at radius 1 is 0.885 bits per heavy atom. The van der Waals surface area contributed by atoms with Crippen LogP contribution in [0.4, 0.5) is 0 Å². The number of aliphatic hydroxyl groups is 6. The molecule has 0 amide bonds. The SMILES string of the molecule is CC[C@H]1OC(=O)C[C@@H](O)[C@H](C)[C@@H](O[C@@H]2O[C@H](C)[C@@H](O)[C@H]([NH+](C)C)[C@H]2O)[C@@H](CC=O)C[C@@H](C)C(=O)/C=C/C(C)=C/[C@@H]1CO[C@@H]1O[C@H](C)[C@@H](O)[C@@H](O)[C@H]1O. The van der Waals surface area contributed by atoms with Gasteiger partial charge in [0.15, 0.2) is 24.5 Å². The molecule has 0 bridgehead atoms. The molecule has 2 fully saturated rings. The van der Waals surface area contributed by atoms with Crippen LogP contribution < -0.4 is 4.90 Å². The fourth-order valence-electron chi connectivity index (χ4n) is 7.37. The van der Waals surface area contributed by atoms with Crippen LogP contribution in [0.2, 0.25) is 0 Å². The third-order valence-corrected chi connectivity index (χ3v) is 10.7. The molecule has 3 aliphatic heterocycles. The number of allylic oxidation sites excluding steroid dienone is 3. The van der Waals surface area contributed by atoms with Gasteiger partial charge in [-0.15, -0.1) is 0 Å². The number of hydrogen-bond donors (Lipinski definition) is 7. The normalized spacial score (nSPS) is 44.8. The molecule has 17 atom stereocenters. The Morgan fingerprint density at radius 3 is 2.13 bits per heavy atom. The summed E-state index contributed by atoms with van der Waals surface area (Å²) in [4.78, 5) is 39.6. The fraction of sp³-hybridized carbons (Fsp3) is 0.811. The van der Waals surface area contributed by atoms with Gasteiger partial charge < -0.3 is 64.0 Å². The first-order chi connectivity index (χ1) is 24.4. The number of hydrogen-bond acceptors (Lipinski definition) is 14. The minimum atomic E-state index is -1.54. The molecule has 0 radical (unpaired) electrons. The van der Waals surface area contributed by atoms with Gasteiger partial charge in [0.1, 0.15) is 42.8 Å². The summed E-state index contributed by atoms with van der Waals surface area (Å²) >= 11 is 0. The summed E-state index contributed by atoms with van der Waals surface area (Å²) in [6.45, 7) is 9.99. The first-order valence-electron chi connectivity index (χ1n) is 18.4. The molecule has 52 heavy (non-hydrogen) atoms. The highest BCUT2D eigenvalue weighted by Gasteiger charge is 2.49. The highest BCUT2D eigenvalue weighted by molar-refractivity contribution is 5.91. The quantitative estimate of drug-likeness (QED) is 0.109. The van der Waals surface area contributed by atoms with E-state index in [1.54, 1.807) is 60.9 Å². The standard InChI is InChI=1S/C37H61NO14/c1-9-27-24(17-48-36-34(47)33(46)31(44)22(6)49-36)14-18(2)10-11-25(40)19(3)15-23(12-13-39)35(20(4)26(41)16-28(42)51-27)52-37-32(45)29(38(7)8)30(43)21(5)50-37/h10-11,13-14,19-24,26-27,29-37,41,43-47H,9,12,15-17H2,1-8H3/p+1/b11-10+,18-14+/t19-,20+,21-,22-,23+,24-,26-,27-,29+,30-,31-,32-,33-,34-,35-,36-,37+/m1/s1. The summed E-state index contributed by atoms with van der Waals surface area (Å²) in [5.41, 5.74) is 0.640. The lowest BCUT2D eigenvalue weighted by atomic mass is 9.79. The predicted molar refractivity (Wildman–Crippen MR) is 185 cm³/mol. The van der Waals surface area contributed by atoms with E-state index in [1.807, 2.05) is 0 Å². The van der Waals surface area contributed by atoms with Crippen molar-refractivity contribution >= 4 is 18.0 Å². The molecule has 0 unspecified atom stereocenters. The van der Waals surface area contributed by atoms with Crippen molar-refractivity contribution in [3.05, 3.63) is 23.8 Å². The number of esters is 1. The van der Waals surface area contributed by atoms with Crippen LogP contribution in [0.1, 0.15) is 67.2 Å². The zero-order chi connectivity index (χ0) is 39.0. The van der Waals surface area contributed by atoms with Gasteiger partial charge in [0, 0.05) is 24.2 Å². The lowest BCUT2D eigenvalue weighted by Gasteiger charge is -2.45. The summed E-state index contributed by atoms with van der Waals surface area (Å²) in [6, 6.07) is -0.669. The largest absolute Gasteiger partial charge is 0.462 e. The van der Waals surface area contributed by atoms with Crippen LogP contribution in [-0.4, -0.2) is 149 Å². The van der Waals surface area contributed by atoms with Crippen LogP contribution >= 0.6 is 0 Å². The van der Waals surface area contributed by atoms with Gasteiger partial charge in [-0.25, -0.2) is 0 Å². The van der Waals surface area contributed by atoms with Crippen molar-refractivity contribution in [2.75, 3.05) is 20.7 Å². The molecule has 3 aliphatic rings. The molecule has 298 valence electrons. The first-order valence-corrected chi connectivity index (χ1v) is 18.4. The van der Waals surface area contributed by atoms with Crippen molar-refractivity contribution in [2.24, 2.45) is 23.7 Å². The van der Waals surface area contributed by atoms with Crippen molar-refractivity contribution in [2.45, 2.75) is 147 Å². The Balaban J connectivity index is 1.95. The van der Waals surface area contributed by atoms with E-state index in [0.717, 1.165) is 4.90 Å². The molecule has 15 heteroatoms. The van der Waals surface area contributed by atoms with E-state index in [-0.39, 0.29) is 25.2 Å². The highest BCUT2D eigenvalue weighted by atomic mass is 16.7. The smallest absolute Gasteiger partial charge is 0.308 e. The van der Waals surface area contributed by atoms with Gasteiger partial charge in [-0.05, 0) is 45.6 Å². The maximum absolute atomic E-state index is 13.4. The predicted octanol–water partition coefficient (Wildman–Crippen LogP) is -1.16. The van der Waals surface area contributed by atoms with Crippen molar-refractivity contribution in [1.82, 2.24) is 0 Å². The van der Waals surface area contributed by atoms with Gasteiger partial charge in [-0.1, -0.05) is 38.5 Å². The number of aldehydes is 1. The molecule has 0 aromatic carbocycles. The second kappa shape index (κ2) is 20.0. The Hall–Kier alpha value is -2.15. The lowest BCUT2D eigenvalue weighted by molar-refractivity contribution is -0.897. The number of cyclic esters (lactones) is 1. The van der Waals surface area contributed by atoms with Crippen LogP contribution in [0.25, 0.3) is 0 Å². The van der Waals surface area contributed by atoms with Crippen LogP contribution in [0.5, 0.6) is 0 Å². The number of quaternary nitrogens is 1. The maximum Gasteiger partial charge on any atom is 0.308 e. The monoisotopic (exact) mass is 744 g/mol. The summed E-state index contributed by atoms with van der Waals surface area (Å²) in [5, 5.41) is 64.3. The molecule has 2 saturated heterocycles. The maximum atomic E-state index is 13.4. The van der Waals surface area contributed by atoms with E-state index < -0.39 is 116 Å². The number of ketones is 1. The molecule has 7 N–H and O–H groups in total. The number of rotatable bonds is 9. The third-order valence-electron chi connectivity index (χ3n) is 10.7. The Morgan fingerprint density at radius 2 is 1.52 bits per heavy atom. The number of ether oxygens (including phenoxy) is 5. The van der Waals surface area contributed by atoms with E-state index in [0.29, 0.717) is 18.3 Å². The number of nitrogens with one attached hydrogen (secondary N) is 1. The Bertz CT molecular complexity index is 1230. The molecule has 0 aromatic rings. The first kappa shape index (κ1) is 44.2. The van der Waals surface area contributed by atoms with E-state index in [1.165, 1.54) is 13.0 Å². The van der Waals surface area contributed by atoms with Crippen LogP contribution in [0.15, 0.2) is 23.8 Å². The van der Waals surface area contributed by atoms with Gasteiger partial charge in [0.05, 0.1) is 51.5 Å². The van der Waals surface area contributed by atoms with E-state index in [2.05, 4.69) is 0 Å². The van der Waals surface area contributed by atoms with Crippen LogP contribution in [0, 0.1) is 23.7 Å². The van der Waals surface area contributed by atoms with Crippen molar-refractivity contribution in [3.63, 3.8) is 0 Å². The Kier molecular flexibility index (Phi) is 17.0. The van der Waals surface area contributed by atoms with Gasteiger partial charge >= 0.3 is 5.97 Å². The molecular formula is C37H62NO14+. The lowest BCUT2D eigenvalue weighted by Crippen LogP contribution is -3.14. The van der Waals surface area contributed by atoms with Crippen LogP contribution in [0.3, 0.4) is 0 Å². The average molecular weight is 745 g/mol. The Labute approximate surface area is 306 Å². The number of likely N-dealkylation sites (N-methyl/N-ethyl adjacent to an activating group) is 1. The van der Waals surface area contributed by atoms with Gasteiger partial charge in [0.25, 0.3) is 0 Å². The minimum absolute atomic E-state index is 0.0381. The third kappa shape index (κ3) is 11.2. The number of carbonyl (C=O) groups is 3. The molecule has 0 aliphatic carbocycles. The second-order valence-corrected chi connectivity index (χ2v) is 15.1. The minimum Gasteiger partial charge on any atom is -0.462 e. The van der Waals surface area contributed by atoms with Crippen LogP contribution in [-0.2, 0) is 38.1 Å². The molecule has 0 saturated carbocycles. The molecular weight excluding hydrogens is 682 g/mol. The summed E-state index contributed by atoms with van der Waals surface area (Å²) in [6.07, 6.45) is -8.24. The molecule has 0 spiro atoms. The molecule has 15 nitrogen and oxygen atoms in total. The van der Waals surface area contributed by atoms with Gasteiger partial charge in [-0.2, -0.15) is 0 Å². The fourth-order valence-corrected chi connectivity index (χ4v) is 7.37. The van der Waals surface area contributed by atoms with E-state index >= 15 is 0 Å². The molecule has 3 heterocycles. The van der Waals surface area contributed by atoms with Crippen molar-refractivity contribution < 1.29 is 73.6 Å². The topological polar surface area (TPSA) is 223 Å². The second-order valence-electron chi connectivity index (χ2n) is 15.1. The molecule has 3 rings (SSSR count). The van der Waals surface area contributed by atoms with Crippen molar-refractivity contribution in [3.8, 4) is 0 Å². The molecule has 0 aromatic heterocycles. The average Bonchev–Trinajstić information content (AvgIpc) is 3.08. The van der Waals surface area contributed by atoms with Crippen molar-refractivity contribution in [1.29, 1.82) is 0 Å².